The molecule has 1 heterocycles. The number of amides is 1. The molecule has 126 valence electrons. The van der Waals surface area contributed by atoms with Gasteiger partial charge < -0.3 is 15.2 Å². The first-order chi connectivity index (χ1) is 11.0. The van der Waals surface area contributed by atoms with Gasteiger partial charge in [-0.3, -0.25) is 4.79 Å². The number of hydrogen-bond acceptors (Lipinski definition) is 4. The van der Waals surface area contributed by atoms with Crippen LogP contribution in [0.1, 0.15) is 37.7 Å². The van der Waals surface area contributed by atoms with Crippen molar-refractivity contribution in [2.45, 2.75) is 37.6 Å². The SMILES string of the molecule is COc1ccc(C(C)CC(=O)NC2(C(=O)O)CCSCC2)cc1. The lowest BCUT2D eigenvalue weighted by Crippen LogP contribution is -2.56. The topological polar surface area (TPSA) is 75.6 Å². The molecule has 0 aliphatic carbocycles. The summed E-state index contributed by atoms with van der Waals surface area (Å²) < 4.78 is 5.12. The maximum Gasteiger partial charge on any atom is 0.329 e. The van der Waals surface area contributed by atoms with Crippen LogP contribution in [-0.4, -0.2) is 41.1 Å². The van der Waals surface area contributed by atoms with Crippen LogP contribution in [0.4, 0.5) is 0 Å². The molecule has 2 rings (SSSR count). The van der Waals surface area contributed by atoms with Crippen molar-refractivity contribution < 1.29 is 19.4 Å². The molecule has 0 bridgehead atoms. The van der Waals surface area contributed by atoms with Gasteiger partial charge in [-0.15, -0.1) is 0 Å². The molecule has 1 aromatic carbocycles. The first-order valence-electron chi connectivity index (χ1n) is 7.73. The quantitative estimate of drug-likeness (QED) is 0.835. The Bertz CT molecular complexity index is 552. The standard InChI is InChI=1S/C17H23NO4S/c1-12(13-3-5-14(22-2)6-4-13)11-15(19)18-17(16(20)21)7-9-23-10-8-17/h3-6,12H,7-11H2,1-2H3,(H,18,19)(H,20,21). The summed E-state index contributed by atoms with van der Waals surface area (Å²) in [6.45, 7) is 1.96. The van der Waals surface area contributed by atoms with E-state index >= 15 is 0 Å². The zero-order chi connectivity index (χ0) is 16.9. The predicted molar refractivity (Wildman–Crippen MR) is 91.1 cm³/mol. The van der Waals surface area contributed by atoms with Gasteiger partial charge >= 0.3 is 5.97 Å². The van der Waals surface area contributed by atoms with Crippen molar-refractivity contribution in [2.75, 3.05) is 18.6 Å². The fraction of sp³-hybridized carbons (Fsp3) is 0.529. The minimum Gasteiger partial charge on any atom is -0.497 e. The van der Waals surface area contributed by atoms with Crippen molar-refractivity contribution in [3.05, 3.63) is 29.8 Å². The van der Waals surface area contributed by atoms with Crippen molar-refractivity contribution in [1.82, 2.24) is 5.32 Å². The van der Waals surface area contributed by atoms with Gasteiger partial charge in [-0.2, -0.15) is 11.8 Å². The highest BCUT2D eigenvalue weighted by atomic mass is 32.2. The van der Waals surface area contributed by atoms with E-state index in [0.29, 0.717) is 12.8 Å². The van der Waals surface area contributed by atoms with Crippen LogP contribution in [0.2, 0.25) is 0 Å². The minimum absolute atomic E-state index is 0.0183. The van der Waals surface area contributed by atoms with Crippen LogP contribution in [0.5, 0.6) is 5.75 Å². The average Bonchev–Trinajstić information content (AvgIpc) is 2.55. The predicted octanol–water partition coefficient (Wildman–Crippen LogP) is 2.66. The van der Waals surface area contributed by atoms with E-state index in [1.54, 1.807) is 18.9 Å². The third-order valence-corrected chi connectivity index (χ3v) is 5.30. The Balaban J connectivity index is 1.98. The molecular formula is C17H23NO4S. The Morgan fingerprint density at radius 3 is 2.43 bits per heavy atom. The minimum atomic E-state index is -1.10. The number of benzene rings is 1. The zero-order valence-corrected chi connectivity index (χ0v) is 14.3. The number of hydrogen-bond donors (Lipinski definition) is 2. The normalized spacial score (nSPS) is 18.0. The lowest BCUT2D eigenvalue weighted by Gasteiger charge is -2.34. The van der Waals surface area contributed by atoms with E-state index in [-0.39, 0.29) is 18.2 Å². The van der Waals surface area contributed by atoms with Crippen molar-refractivity contribution in [1.29, 1.82) is 0 Å². The van der Waals surface area contributed by atoms with Crippen LogP contribution in [0.3, 0.4) is 0 Å². The maximum atomic E-state index is 12.3. The summed E-state index contributed by atoms with van der Waals surface area (Å²) in [5.74, 6) is 1.19. The van der Waals surface area contributed by atoms with E-state index < -0.39 is 11.5 Å². The smallest absolute Gasteiger partial charge is 0.329 e. The second-order valence-electron chi connectivity index (χ2n) is 5.93. The molecule has 5 nitrogen and oxygen atoms in total. The number of aliphatic carboxylic acids is 1. The van der Waals surface area contributed by atoms with Gasteiger partial charge in [-0.1, -0.05) is 19.1 Å². The summed E-state index contributed by atoms with van der Waals surface area (Å²) in [6.07, 6.45) is 1.24. The summed E-state index contributed by atoms with van der Waals surface area (Å²) in [5.41, 5.74) is -0.0633. The Morgan fingerprint density at radius 1 is 1.30 bits per heavy atom. The fourth-order valence-electron chi connectivity index (χ4n) is 2.76. The third-order valence-electron chi connectivity index (χ3n) is 4.31. The van der Waals surface area contributed by atoms with E-state index in [1.807, 2.05) is 31.2 Å². The summed E-state index contributed by atoms with van der Waals surface area (Å²) in [6, 6.07) is 7.59. The van der Waals surface area contributed by atoms with Gasteiger partial charge in [0, 0.05) is 6.42 Å². The number of carbonyl (C=O) groups excluding carboxylic acids is 1. The number of nitrogens with one attached hydrogen (secondary N) is 1. The van der Waals surface area contributed by atoms with Crippen LogP contribution >= 0.6 is 11.8 Å². The number of carbonyl (C=O) groups is 2. The zero-order valence-electron chi connectivity index (χ0n) is 13.5. The summed E-state index contributed by atoms with van der Waals surface area (Å²) >= 11 is 1.73. The molecule has 0 aromatic heterocycles. The first kappa shape index (κ1) is 17.7. The third kappa shape index (κ3) is 4.41. The molecule has 1 aliphatic heterocycles. The molecule has 6 heteroatoms. The molecule has 0 saturated carbocycles. The highest BCUT2D eigenvalue weighted by Gasteiger charge is 2.41. The Morgan fingerprint density at radius 2 is 1.91 bits per heavy atom. The van der Waals surface area contributed by atoms with E-state index in [4.69, 9.17) is 4.74 Å². The van der Waals surface area contributed by atoms with Crippen LogP contribution in [0, 0.1) is 0 Å². The number of ether oxygens (including phenoxy) is 1. The van der Waals surface area contributed by atoms with E-state index in [2.05, 4.69) is 5.32 Å². The largest absolute Gasteiger partial charge is 0.497 e. The highest BCUT2D eigenvalue weighted by molar-refractivity contribution is 7.99. The average molecular weight is 337 g/mol. The second kappa shape index (κ2) is 7.73. The van der Waals surface area contributed by atoms with Gasteiger partial charge in [0.05, 0.1) is 7.11 Å². The van der Waals surface area contributed by atoms with Crippen molar-refractivity contribution in [3.63, 3.8) is 0 Å². The molecule has 0 radical (unpaired) electrons. The molecule has 1 amide bonds. The molecule has 1 aliphatic rings. The van der Waals surface area contributed by atoms with Crippen molar-refractivity contribution >= 4 is 23.6 Å². The van der Waals surface area contributed by atoms with Crippen molar-refractivity contribution in [2.24, 2.45) is 0 Å². The highest BCUT2D eigenvalue weighted by Crippen LogP contribution is 2.28. The van der Waals surface area contributed by atoms with E-state index in [1.165, 1.54) is 0 Å². The second-order valence-corrected chi connectivity index (χ2v) is 7.15. The van der Waals surface area contributed by atoms with Crippen LogP contribution in [0.25, 0.3) is 0 Å². The molecule has 1 aromatic rings. The van der Waals surface area contributed by atoms with Gasteiger partial charge in [0.15, 0.2) is 0 Å². The van der Waals surface area contributed by atoms with Crippen LogP contribution in [0.15, 0.2) is 24.3 Å². The van der Waals surface area contributed by atoms with Gasteiger partial charge in [0.1, 0.15) is 11.3 Å². The molecule has 1 saturated heterocycles. The van der Waals surface area contributed by atoms with Gasteiger partial charge in [0.2, 0.25) is 5.91 Å². The van der Waals surface area contributed by atoms with Crippen molar-refractivity contribution in [3.8, 4) is 5.75 Å². The summed E-state index contributed by atoms with van der Waals surface area (Å²) in [5, 5.41) is 12.3. The van der Waals surface area contributed by atoms with Gasteiger partial charge in [0.25, 0.3) is 0 Å². The molecule has 1 fully saturated rings. The number of rotatable bonds is 6. The number of thioether (sulfide) groups is 1. The molecule has 1 unspecified atom stereocenters. The Labute approximate surface area is 140 Å². The first-order valence-corrected chi connectivity index (χ1v) is 8.88. The van der Waals surface area contributed by atoms with E-state index in [9.17, 15) is 14.7 Å². The molecule has 23 heavy (non-hydrogen) atoms. The summed E-state index contributed by atoms with van der Waals surface area (Å²) in [7, 11) is 1.61. The lowest BCUT2D eigenvalue weighted by atomic mass is 9.91. The van der Waals surface area contributed by atoms with Gasteiger partial charge in [-0.25, -0.2) is 4.79 Å². The van der Waals surface area contributed by atoms with Gasteiger partial charge in [-0.05, 0) is 48.0 Å². The summed E-state index contributed by atoms with van der Waals surface area (Å²) in [4.78, 5) is 23.9. The number of carboxylic acids is 1. The Kier molecular flexibility index (Phi) is 5.93. The number of methoxy groups -OCH3 is 1. The molecule has 0 spiro atoms. The monoisotopic (exact) mass is 337 g/mol. The maximum absolute atomic E-state index is 12.3. The lowest BCUT2D eigenvalue weighted by molar-refractivity contribution is -0.148. The molecular weight excluding hydrogens is 314 g/mol. The number of carboxylic acid groups (broad SMARTS) is 1. The van der Waals surface area contributed by atoms with Crippen LogP contribution < -0.4 is 10.1 Å². The molecule has 2 N–H and O–H groups in total. The fourth-order valence-corrected chi connectivity index (χ4v) is 3.95. The molecule has 1 atom stereocenters. The van der Waals surface area contributed by atoms with E-state index in [0.717, 1.165) is 22.8 Å². The van der Waals surface area contributed by atoms with Crippen LogP contribution in [-0.2, 0) is 9.59 Å². The Hall–Kier alpha value is -1.69.